The molecule has 0 aromatic carbocycles. The third-order valence-corrected chi connectivity index (χ3v) is 0.166. The van der Waals surface area contributed by atoms with E-state index >= 15 is 0 Å². The maximum Gasteiger partial charge on any atom is 0.321 e. The molecule has 14 heteroatoms. The number of carbonyl (C=O) groups excluding carboxylic acids is 1. The van der Waals surface area contributed by atoms with E-state index in [1.165, 1.54) is 6.92 Å². The first-order chi connectivity index (χ1) is 9.47. The summed E-state index contributed by atoms with van der Waals surface area (Å²) in [6.45, 7) is 4.49. The molecule has 0 heterocycles. The van der Waals surface area contributed by atoms with Crippen molar-refractivity contribution in [1.82, 2.24) is 0 Å². The molecule has 0 aliphatic heterocycles. The van der Waals surface area contributed by atoms with Gasteiger partial charge in [-0.1, -0.05) is 0 Å². The molecular formula is C8H19NO11S2. The lowest BCUT2D eigenvalue weighted by Gasteiger charge is -1.79. The standard InChI is InChI=1S/C2H5NO2.3C2H4O2.H2O3S2/c1-2(4)5-3;3*1-2(3)4;1-5(2,3)4/h3H2,1H3;3*1H3,(H,3,4);(H2,1,2,3,4). The van der Waals surface area contributed by atoms with Crippen molar-refractivity contribution < 1.29 is 52.6 Å². The van der Waals surface area contributed by atoms with Gasteiger partial charge in [-0.25, -0.2) is 0 Å². The Labute approximate surface area is 131 Å². The van der Waals surface area contributed by atoms with Crippen LogP contribution in [0.25, 0.3) is 0 Å². The smallest absolute Gasteiger partial charge is 0.321 e. The lowest BCUT2D eigenvalue weighted by Crippen LogP contribution is -2.03. The van der Waals surface area contributed by atoms with Gasteiger partial charge in [-0.05, 0) is 0 Å². The van der Waals surface area contributed by atoms with Crippen molar-refractivity contribution in [1.29, 1.82) is 0 Å². The van der Waals surface area contributed by atoms with E-state index < -0.39 is 32.9 Å². The van der Waals surface area contributed by atoms with Gasteiger partial charge in [-0.15, -0.1) is 0 Å². The van der Waals surface area contributed by atoms with Crippen molar-refractivity contribution in [3.8, 4) is 0 Å². The number of hydrogen-bond acceptors (Lipinski definition) is 8. The van der Waals surface area contributed by atoms with Gasteiger partial charge in [-0.3, -0.25) is 28.3 Å². The highest BCUT2D eigenvalue weighted by atomic mass is 32.9. The van der Waals surface area contributed by atoms with E-state index in [1.54, 1.807) is 0 Å². The molecule has 0 bridgehead atoms. The van der Waals surface area contributed by atoms with Gasteiger partial charge in [0.2, 0.25) is 0 Å². The molecule has 134 valence electrons. The van der Waals surface area contributed by atoms with E-state index in [9.17, 15) is 4.79 Å². The molecule has 0 aliphatic rings. The van der Waals surface area contributed by atoms with Crippen LogP contribution in [0.15, 0.2) is 0 Å². The first-order valence-electron chi connectivity index (χ1n) is 4.63. The van der Waals surface area contributed by atoms with Gasteiger partial charge in [0.25, 0.3) is 27.0 Å². The molecule has 0 saturated heterocycles. The summed E-state index contributed by atoms with van der Waals surface area (Å²) in [4.78, 5) is 40.1. The second-order valence-electron chi connectivity index (χ2n) is 2.61. The van der Waals surface area contributed by atoms with Crippen LogP contribution in [0, 0.1) is 0 Å². The molecule has 7 N–H and O–H groups in total. The van der Waals surface area contributed by atoms with Crippen molar-refractivity contribution in [2.75, 3.05) is 0 Å². The van der Waals surface area contributed by atoms with Gasteiger partial charge in [0.15, 0.2) is 0 Å². The Morgan fingerprint density at radius 3 is 0.909 bits per heavy atom. The first kappa shape index (κ1) is 32.2. The summed E-state index contributed by atoms with van der Waals surface area (Å²) in [6, 6.07) is 0. The van der Waals surface area contributed by atoms with Gasteiger partial charge in [-0.2, -0.15) is 10.1 Å². The Balaban J connectivity index is -0.0000000550. The highest BCUT2D eigenvalue weighted by Gasteiger charge is 1.78. The van der Waals surface area contributed by atoms with Gasteiger partial charge in [0.1, 0.15) is 0 Å². The minimum Gasteiger partial charge on any atom is -0.481 e. The van der Waals surface area contributed by atoms with E-state index in [0.717, 1.165) is 20.8 Å². The van der Waals surface area contributed by atoms with Gasteiger partial charge >= 0.3 is 5.97 Å². The highest BCUT2D eigenvalue weighted by Crippen LogP contribution is 1.62. The van der Waals surface area contributed by atoms with Crippen molar-refractivity contribution in [2.24, 2.45) is 5.90 Å². The van der Waals surface area contributed by atoms with E-state index in [0.29, 0.717) is 0 Å². The average molecular weight is 369 g/mol. The van der Waals surface area contributed by atoms with Crippen LogP contribution in [0.4, 0.5) is 0 Å². The Hall–Kier alpha value is -1.87. The van der Waals surface area contributed by atoms with Crippen molar-refractivity contribution >= 4 is 44.1 Å². The molecule has 0 spiro atoms. The molecule has 0 aromatic heterocycles. The number of rotatable bonds is 0. The number of carboxylic acid groups (broad SMARTS) is 3. The Morgan fingerprint density at radius 1 is 0.864 bits per heavy atom. The molecule has 0 rings (SSSR count). The predicted octanol–water partition coefficient (Wildman–Crippen LogP) is -0.625. The fourth-order valence-corrected chi connectivity index (χ4v) is 0. The van der Waals surface area contributed by atoms with Crippen LogP contribution < -0.4 is 5.90 Å². The van der Waals surface area contributed by atoms with Gasteiger partial charge < -0.3 is 20.2 Å². The van der Waals surface area contributed by atoms with E-state index in [2.05, 4.69) is 21.9 Å². The quantitative estimate of drug-likeness (QED) is 0.293. The first-order valence-corrected chi connectivity index (χ1v) is 7.02. The molecule has 0 amide bonds. The van der Waals surface area contributed by atoms with Crippen molar-refractivity contribution in [2.45, 2.75) is 27.7 Å². The molecule has 0 atom stereocenters. The SMILES string of the molecule is CC(=O)O.CC(=O)O.CC(=O)O.CC(=O)ON.O=S(O)(O)=S. The number of nitrogens with two attached hydrogens (primary N) is 1. The van der Waals surface area contributed by atoms with Gasteiger partial charge in [0.05, 0.1) is 0 Å². The van der Waals surface area contributed by atoms with E-state index in [-0.39, 0.29) is 0 Å². The highest BCUT2D eigenvalue weighted by molar-refractivity contribution is 8.26. The van der Waals surface area contributed by atoms with Crippen LogP contribution in [0.5, 0.6) is 0 Å². The summed E-state index contributed by atoms with van der Waals surface area (Å²) in [6.07, 6.45) is 0. The maximum atomic E-state index is 9.47. The third kappa shape index (κ3) is 315000. The van der Waals surface area contributed by atoms with Crippen LogP contribution in [-0.4, -0.2) is 52.5 Å². The average Bonchev–Trinajstić information content (AvgIpc) is 2.11. The largest absolute Gasteiger partial charge is 0.481 e. The van der Waals surface area contributed by atoms with E-state index in [1.807, 2.05) is 0 Å². The fraction of sp³-hybridized carbons (Fsp3) is 0.500. The predicted molar refractivity (Wildman–Crippen MR) is 76.6 cm³/mol. The Bertz CT molecular complexity index is 369. The zero-order chi connectivity index (χ0) is 19.5. The third-order valence-electron chi connectivity index (χ3n) is 0.166. The summed E-state index contributed by atoms with van der Waals surface area (Å²) >= 11 is 3.47. The number of aliphatic carboxylic acids is 3. The van der Waals surface area contributed by atoms with E-state index in [4.69, 9.17) is 43.0 Å². The number of hydrogen-bond donors (Lipinski definition) is 6. The summed E-state index contributed by atoms with van der Waals surface area (Å²) < 4.78 is 24.0. The monoisotopic (exact) mass is 369 g/mol. The van der Waals surface area contributed by atoms with Gasteiger partial charge in [0, 0.05) is 38.9 Å². The normalized spacial score (nSPS) is 7.59. The Kier molecular flexibility index (Phi) is 31.3. The van der Waals surface area contributed by atoms with Crippen LogP contribution >= 0.6 is 0 Å². The second kappa shape index (κ2) is 21.4. The van der Waals surface area contributed by atoms with Crippen molar-refractivity contribution in [3.63, 3.8) is 0 Å². The summed E-state index contributed by atoms with van der Waals surface area (Å²) in [5.41, 5.74) is 0. The summed E-state index contributed by atoms with van der Waals surface area (Å²) in [5, 5.41) is 22.2. The number of carboxylic acids is 3. The molecule has 22 heavy (non-hydrogen) atoms. The van der Waals surface area contributed by atoms with Crippen LogP contribution in [0.3, 0.4) is 0 Å². The second-order valence-corrected chi connectivity index (χ2v) is 4.81. The summed E-state index contributed by atoms with van der Waals surface area (Å²) in [7, 11) is -3.83. The molecule has 12 nitrogen and oxygen atoms in total. The molecule has 0 radical (unpaired) electrons. The minimum absolute atomic E-state index is 0.468. The molecule has 0 unspecified atom stereocenters. The number of carbonyl (C=O) groups is 4. The zero-order valence-corrected chi connectivity index (χ0v) is 13.7. The molecule has 0 saturated carbocycles. The van der Waals surface area contributed by atoms with Crippen LogP contribution in [0.2, 0.25) is 0 Å². The summed E-state index contributed by atoms with van der Waals surface area (Å²) in [5.74, 6) is 1.35. The van der Waals surface area contributed by atoms with Crippen molar-refractivity contribution in [3.05, 3.63) is 0 Å². The maximum absolute atomic E-state index is 9.47. The lowest BCUT2D eigenvalue weighted by molar-refractivity contribution is -0.141. The molecule has 0 aromatic rings. The lowest BCUT2D eigenvalue weighted by atomic mass is 10.8. The zero-order valence-electron chi connectivity index (χ0n) is 12.1. The van der Waals surface area contributed by atoms with Crippen LogP contribution in [-0.2, 0) is 44.3 Å². The van der Waals surface area contributed by atoms with Crippen LogP contribution in [0.1, 0.15) is 27.7 Å². The topological polar surface area (TPSA) is 222 Å². The Morgan fingerprint density at radius 2 is 0.909 bits per heavy atom. The minimum atomic E-state index is -3.83. The molecule has 0 fully saturated rings. The fourth-order valence-electron chi connectivity index (χ4n) is 0. The molecule has 0 aliphatic carbocycles. The molecular weight excluding hydrogens is 350 g/mol.